The van der Waals surface area contributed by atoms with Gasteiger partial charge in [-0.05, 0) is 38.0 Å². The van der Waals surface area contributed by atoms with E-state index in [9.17, 15) is 0 Å². The van der Waals surface area contributed by atoms with Crippen LogP contribution in [0, 0.1) is 18.8 Å². The predicted octanol–water partition coefficient (Wildman–Crippen LogP) is 2.47. The maximum Gasteiger partial charge on any atom is 0.208 e. The highest BCUT2D eigenvalue weighted by Crippen LogP contribution is 2.36. The van der Waals surface area contributed by atoms with E-state index in [4.69, 9.17) is 0 Å². The topological polar surface area (TPSA) is 29.0 Å². The summed E-state index contributed by atoms with van der Waals surface area (Å²) in [5.74, 6) is 1.84. The number of fused-ring (bicyclic) bond motifs is 2. The molecule has 0 amide bonds. The minimum absolute atomic E-state index is 0.918. The van der Waals surface area contributed by atoms with Gasteiger partial charge in [-0.2, -0.15) is 0 Å². The first-order valence-electron chi connectivity index (χ1n) is 5.86. The normalized spacial score (nSPS) is 30.6. The Morgan fingerprint density at radius 1 is 1.20 bits per heavy atom. The molecule has 1 aromatic rings. The van der Waals surface area contributed by atoms with Crippen molar-refractivity contribution in [3.63, 3.8) is 0 Å². The third-order valence-corrected chi connectivity index (χ3v) is 4.53. The number of nitrogens with zero attached hydrogens (tertiary/aromatic N) is 3. The lowest BCUT2D eigenvalue weighted by Crippen LogP contribution is -2.42. The molecule has 2 bridgehead atoms. The zero-order valence-corrected chi connectivity index (χ0v) is 9.96. The molecule has 2 unspecified atom stereocenters. The quantitative estimate of drug-likeness (QED) is 0.732. The lowest BCUT2D eigenvalue weighted by Gasteiger charge is -2.41. The molecule has 2 heterocycles. The molecule has 4 heteroatoms. The van der Waals surface area contributed by atoms with Gasteiger partial charge in [0, 0.05) is 13.1 Å². The number of rotatable bonds is 1. The Morgan fingerprint density at radius 3 is 2.53 bits per heavy atom. The summed E-state index contributed by atoms with van der Waals surface area (Å²) < 4.78 is 0. The van der Waals surface area contributed by atoms with Gasteiger partial charge in [0.1, 0.15) is 5.01 Å². The van der Waals surface area contributed by atoms with Crippen molar-refractivity contribution in [2.75, 3.05) is 18.0 Å². The zero-order chi connectivity index (χ0) is 10.3. The smallest absolute Gasteiger partial charge is 0.208 e. The maximum absolute atomic E-state index is 4.26. The third-order valence-electron chi connectivity index (χ3n) is 3.63. The van der Waals surface area contributed by atoms with E-state index < -0.39 is 0 Å². The van der Waals surface area contributed by atoms with Gasteiger partial charge in [-0.3, -0.25) is 0 Å². The van der Waals surface area contributed by atoms with Gasteiger partial charge < -0.3 is 4.90 Å². The van der Waals surface area contributed by atoms with Crippen molar-refractivity contribution in [1.29, 1.82) is 0 Å². The van der Waals surface area contributed by atoms with Crippen LogP contribution >= 0.6 is 11.3 Å². The Kier molecular flexibility index (Phi) is 2.39. The molecule has 15 heavy (non-hydrogen) atoms. The maximum atomic E-state index is 4.26. The molecule has 0 N–H and O–H groups in total. The molecule has 2 fully saturated rings. The van der Waals surface area contributed by atoms with Gasteiger partial charge >= 0.3 is 0 Å². The molecule has 1 saturated carbocycles. The van der Waals surface area contributed by atoms with Crippen LogP contribution in [0.25, 0.3) is 0 Å². The number of aromatic nitrogens is 2. The zero-order valence-electron chi connectivity index (χ0n) is 9.15. The second-order valence-electron chi connectivity index (χ2n) is 4.91. The molecular weight excluding hydrogens is 206 g/mol. The van der Waals surface area contributed by atoms with E-state index in [1.54, 1.807) is 11.3 Å². The average molecular weight is 223 g/mol. The highest BCUT2D eigenvalue weighted by atomic mass is 32.1. The number of hydrogen-bond acceptors (Lipinski definition) is 4. The Bertz CT molecular complexity index is 337. The van der Waals surface area contributed by atoms with E-state index in [-0.39, 0.29) is 0 Å². The summed E-state index contributed by atoms with van der Waals surface area (Å²) in [5, 5.41) is 10.6. The summed E-state index contributed by atoms with van der Waals surface area (Å²) in [4.78, 5) is 2.46. The number of aryl methyl sites for hydroxylation is 1. The van der Waals surface area contributed by atoms with Crippen molar-refractivity contribution in [3.05, 3.63) is 5.01 Å². The largest absolute Gasteiger partial charge is 0.346 e. The molecule has 0 aromatic carbocycles. The van der Waals surface area contributed by atoms with E-state index in [1.165, 1.54) is 38.8 Å². The highest BCUT2D eigenvalue weighted by molar-refractivity contribution is 7.15. The monoisotopic (exact) mass is 223 g/mol. The van der Waals surface area contributed by atoms with E-state index >= 15 is 0 Å². The summed E-state index contributed by atoms with van der Waals surface area (Å²) in [6.45, 7) is 4.46. The lowest BCUT2D eigenvalue weighted by molar-refractivity contribution is 0.231. The van der Waals surface area contributed by atoms with Gasteiger partial charge in [0.25, 0.3) is 0 Å². The SMILES string of the molecule is Cc1nnc(N2CC3CCCC(C3)C2)s1. The molecule has 1 aliphatic heterocycles. The van der Waals surface area contributed by atoms with Crippen LogP contribution in [0.5, 0.6) is 0 Å². The van der Waals surface area contributed by atoms with E-state index in [0.29, 0.717) is 0 Å². The number of hydrogen-bond donors (Lipinski definition) is 0. The Hall–Kier alpha value is -0.640. The molecule has 82 valence electrons. The number of piperidine rings is 1. The molecular formula is C11H17N3S. The molecule has 1 aromatic heterocycles. The van der Waals surface area contributed by atoms with Crippen LogP contribution in [0.3, 0.4) is 0 Å². The van der Waals surface area contributed by atoms with Crippen LogP contribution < -0.4 is 4.90 Å². The van der Waals surface area contributed by atoms with Crippen LogP contribution in [0.4, 0.5) is 5.13 Å². The molecule has 3 nitrogen and oxygen atoms in total. The summed E-state index contributed by atoms with van der Waals surface area (Å²) in [6.07, 6.45) is 5.74. The van der Waals surface area contributed by atoms with Crippen LogP contribution in [0.1, 0.15) is 30.7 Å². The fourth-order valence-corrected chi connectivity index (χ4v) is 3.71. The van der Waals surface area contributed by atoms with Crippen molar-refractivity contribution in [2.45, 2.75) is 32.6 Å². The average Bonchev–Trinajstić information content (AvgIpc) is 2.64. The Labute approximate surface area is 94.5 Å². The van der Waals surface area contributed by atoms with Crippen molar-refractivity contribution >= 4 is 16.5 Å². The summed E-state index contributed by atoms with van der Waals surface area (Å²) in [6, 6.07) is 0. The number of anilines is 1. The van der Waals surface area contributed by atoms with Crippen LogP contribution in [-0.4, -0.2) is 23.3 Å². The van der Waals surface area contributed by atoms with Crippen LogP contribution in [0.15, 0.2) is 0 Å². The van der Waals surface area contributed by atoms with Crippen LogP contribution in [-0.2, 0) is 0 Å². The summed E-state index contributed by atoms with van der Waals surface area (Å²) in [7, 11) is 0. The van der Waals surface area contributed by atoms with E-state index in [0.717, 1.165) is 22.0 Å². The summed E-state index contributed by atoms with van der Waals surface area (Å²) >= 11 is 1.74. The van der Waals surface area contributed by atoms with Crippen molar-refractivity contribution < 1.29 is 0 Å². The third kappa shape index (κ3) is 1.87. The van der Waals surface area contributed by atoms with Crippen molar-refractivity contribution in [2.24, 2.45) is 11.8 Å². The fraction of sp³-hybridized carbons (Fsp3) is 0.818. The molecule has 1 saturated heterocycles. The predicted molar refractivity (Wildman–Crippen MR) is 62.3 cm³/mol. The van der Waals surface area contributed by atoms with E-state index in [2.05, 4.69) is 15.1 Å². The molecule has 0 radical (unpaired) electrons. The van der Waals surface area contributed by atoms with Gasteiger partial charge in [-0.1, -0.05) is 17.8 Å². The fourth-order valence-electron chi connectivity index (χ4n) is 3.00. The first-order valence-corrected chi connectivity index (χ1v) is 6.68. The second kappa shape index (κ2) is 3.74. The van der Waals surface area contributed by atoms with Gasteiger partial charge in [-0.25, -0.2) is 0 Å². The standard InChI is InChI=1S/C11H17N3S/c1-8-12-13-11(15-8)14-6-9-3-2-4-10(5-9)7-14/h9-10H,2-7H2,1H3. The first kappa shape index (κ1) is 9.58. The van der Waals surface area contributed by atoms with Gasteiger partial charge in [0.05, 0.1) is 0 Å². The van der Waals surface area contributed by atoms with Gasteiger partial charge in [-0.15, -0.1) is 10.2 Å². The minimum atomic E-state index is 0.918. The van der Waals surface area contributed by atoms with E-state index in [1.807, 2.05) is 6.92 Å². The molecule has 2 atom stereocenters. The van der Waals surface area contributed by atoms with Gasteiger partial charge in [0.15, 0.2) is 0 Å². The molecule has 2 aliphatic rings. The second-order valence-corrected chi connectivity index (χ2v) is 6.07. The van der Waals surface area contributed by atoms with Crippen molar-refractivity contribution in [3.8, 4) is 0 Å². The van der Waals surface area contributed by atoms with Crippen LogP contribution in [0.2, 0.25) is 0 Å². The summed E-state index contributed by atoms with van der Waals surface area (Å²) in [5.41, 5.74) is 0. The lowest BCUT2D eigenvalue weighted by atomic mass is 9.78. The van der Waals surface area contributed by atoms with Gasteiger partial charge in [0.2, 0.25) is 5.13 Å². The van der Waals surface area contributed by atoms with Crippen molar-refractivity contribution in [1.82, 2.24) is 10.2 Å². The molecule has 3 rings (SSSR count). The Balaban J connectivity index is 1.77. The highest BCUT2D eigenvalue weighted by Gasteiger charge is 2.31. The Morgan fingerprint density at radius 2 is 1.93 bits per heavy atom. The molecule has 0 spiro atoms. The first-order chi connectivity index (χ1) is 7.31. The molecule has 1 aliphatic carbocycles. The minimum Gasteiger partial charge on any atom is -0.346 e.